The van der Waals surface area contributed by atoms with Gasteiger partial charge < -0.3 is 11.1 Å². The number of rotatable bonds is 2. The van der Waals surface area contributed by atoms with Gasteiger partial charge in [-0.15, -0.1) is 0 Å². The van der Waals surface area contributed by atoms with E-state index in [0.717, 1.165) is 44.2 Å². The normalized spacial score (nSPS) is 31.1. The summed E-state index contributed by atoms with van der Waals surface area (Å²) in [7, 11) is 0. The van der Waals surface area contributed by atoms with E-state index in [1.54, 1.807) is 0 Å². The van der Waals surface area contributed by atoms with Crippen LogP contribution >= 0.6 is 0 Å². The van der Waals surface area contributed by atoms with E-state index in [-0.39, 0.29) is 22.3 Å². The first-order valence-corrected chi connectivity index (χ1v) is 8.44. The monoisotopic (exact) mass is 300 g/mol. The van der Waals surface area contributed by atoms with E-state index in [4.69, 9.17) is 5.73 Å². The summed E-state index contributed by atoms with van der Waals surface area (Å²) in [6.07, 6.45) is 5.78. The molecular formula is C19H28N2O. The molecule has 2 bridgehead atoms. The molecule has 3 fully saturated rings. The zero-order valence-corrected chi connectivity index (χ0v) is 14.0. The Labute approximate surface area is 133 Å². The Morgan fingerprint density at radius 1 is 1.09 bits per heavy atom. The molecule has 3 heteroatoms. The van der Waals surface area contributed by atoms with Crippen LogP contribution in [0.3, 0.4) is 0 Å². The molecule has 1 aromatic carbocycles. The van der Waals surface area contributed by atoms with Crippen LogP contribution in [0.2, 0.25) is 0 Å². The minimum Gasteiger partial charge on any atom is -0.326 e. The van der Waals surface area contributed by atoms with Gasteiger partial charge in [-0.3, -0.25) is 4.79 Å². The third kappa shape index (κ3) is 2.79. The maximum absolute atomic E-state index is 12.9. The van der Waals surface area contributed by atoms with Crippen LogP contribution in [0.25, 0.3) is 0 Å². The first-order valence-electron chi connectivity index (χ1n) is 8.44. The second-order valence-electron chi connectivity index (χ2n) is 8.43. The van der Waals surface area contributed by atoms with E-state index in [9.17, 15) is 4.79 Å². The van der Waals surface area contributed by atoms with Crippen molar-refractivity contribution in [2.45, 2.75) is 70.3 Å². The molecule has 22 heavy (non-hydrogen) atoms. The highest BCUT2D eigenvalue weighted by Gasteiger charge is 2.50. The summed E-state index contributed by atoms with van der Waals surface area (Å²) in [5, 5.41) is 3.17. The minimum absolute atomic E-state index is 0.00812. The number of carbonyl (C=O) groups is 1. The predicted octanol–water partition coefficient (Wildman–Crippen LogP) is 3.97. The van der Waals surface area contributed by atoms with Gasteiger partial charge in [-0.1, -0.05) is 32.9 Å². The maximum atomic E-state index is 12.9. The molecule has 4 rings (SSSR count). The molecule has 3 nitrogen and oxygen atoms in total. The van der Waals surface area contributed by atoms with Crippen LogP contribution in [0.15, 0.2) is 24.3 Å². The summed E-state index contributed by atoms with van der Waals surface area (Å²) in [6.45, 7) is 6.57. The lowest BCUT2D eigenvalue weighted by molar-refractivity contribution is -0.131. The van der Waals surface area contributed by atoms with Crippen molar-refractivity contribution in [1.82, 2.24) is 0 Å². The van der Waals surface area contributed by atoms with E-state index in [1.807, 2.05) is 12.1 Å². The maximum Gasteiger partial charge on any atom is 0.230 e. The molecule has 0 unspecified atom stereocenters. The lowest BCUT2D eigenvalue weighted by atomic mass is 9.57. The molecule has 0 aromatic heterocycles. The van der Waals surface area contributed by atoms with Crippen molar-refractivity contribution in [1.29, 1.82) is 0 Å². The lowest BCUT2D eigenvalue weighted by Gasteiger charge is -2.50. The van der Waals surface area contributed by atoms with Gasteiger partial charge in [0.15, 0.2) is 0 Å². The van der Waals surface area contributed by atoms with Crippen molar-refractivity contribution in [2.24, 2.45) is 11.1 Å². The highest BCUT2D eigenvalue weighted by Crippen LogP contribution is 2.51. The molecule has 1 aromatic rings. The largest absolute Gasteiger partial charge is 0.326 e. The van der Waals surface area contributed by atoms with Gasteiger partial charge in [-0.05, 0) is 61.6 Å². The van der Waals surface area contributed by atoms with E-state index in [2.05, 4.69) is 38.2 Å². The number of nitrogens with one attached hydrogen (secondary N) is 1. The molecule has 3 aliphatic carbocycles. The number of fused-ring (bicyclic) bond motifs is 3. The van der Waals surface area contributed by atoms with E-state index in [1.165, 1.54) is 5.56 Å². The number of hydrogen-bond donors (Lipinski definition) is 2. The van der Waals surface area contributed by atoms with Crippen molar-refractivity contribution in [3.8, 4) is 0 Å². The molecular weight excluding hydrogens is 272 g/mol. The van der Waals surface area contributed by atoms with Gasteiger partial charge in [0, 0.05) is 16.6 Å². The number of carbonyl (C=O) groups excluding carboxylic acids is 1. The van der Waals surface area contributed by atoms with Crippen molar-refractivity contribution >= 4 is 11.6 Å². The average Bonchev–Trinajstić information content (AvgIpc) is 2.48. The summed E-state index contributed by atoms with van der Waals surface area (Å²) in [6, 6.07) is 8.24. The third-order valence-corrected chi connectivity index (χ3v) is 5.77. The quantitative estimate of drug-likeness (QED) is 0.868. The van der Waals surface area contributed by atoms with Crippen molar-refractivity contribution in [2.75, 3.05) is 5.32 Å². The summed E-state index contributed by atoms with van der Waals surface area (Å²) < 4.78 is 0. The molecule has 0 saturated heterocycles. The highest BCUT2D eigenvalue weighted by atomic mass is 16.2. The highest BCUT2D eigenvalue weighted by molar-refractivity contribution is 5.95. The Bertz CT molecular complexity index is 561. The van der Waals surface area contributed by atoms with Gasteiger partial charge in [0.25, 0.3) is 0 Å². The number of anilines is 1. The lowest BCUT2D eigenvalue weighted by Crippen LogP contribution is -2.55. The molecule has 0 atom stereocenters. The van der Waals surface area contributed by atoms with Gasteiger partial charge in [0.2, 0.25) is 5.91 Å². The minimum atomic E-state index is -0.182. The summed E-state index contributed by atoms with van der Waals surface area (Å²) in [5.74, 6) is 0.195. The molecule has 3 N–H and O–H groups in total. The summed E-state index contributed by atoms with van der Waals surface area (Å²) >= 11 is 0. The fraction of sp³-hybridized carbons (Fsp3) is 0.632. The Kier molecular flexibility index (Phi) is 3.59. The number of amides is 1. The second-order valence-corrected chi connectivity index (χ2v) is 8.43. The molecule has 3 aliphatic rings. The number of hydrogen-bond acceptors (Lipinski definition) is 2. The van der Waals surface area contributed by atoms with Crippen LogP contribution in [0.4, 0.5) is 5.69 Å². The van der Waals surface area contributed by atoms with Crippen molar-refractivity contribution in [3.05, 3.63) is 29.8 Å². The van der Waals surface area contributed by atoms with Crippen molar-refractivity contribution in [3.63, 3.8) is 0 Å². The molecule has 0 spiro atoms. The van der Waals surface area contributed by atoms with Crippen LogP contribution in [0.1, 0.15) is 64.9 Å². The SMILES string of the molecule is CC(C)(C)c1cccc(NC(=O)C23CCC(N)(CC2)CC3)c1. The fourth-order valence-electron chi connectivity index (χ4n) is 3.88. The van der Waals surface area contributed by atoms with Crippen LogP contribution in [-0.2, 0) is 10.2 Å². The fourth-order valence-corrected chi connectivity index (χ4v) is 3.88. The van der Waals surface area contributed by atoms with E-state index >= 15 is 0 Å². The van der Waals surface area contributed by atoms with Crippen molar-refractivity contribution < 1.29 is 4.79 Å². The molecule has 0 aliphatic heterocycles. The zero-order chi connectivity index (χ0) is 16.0. The van der Waals surface area contributed by atoms with Crippen LogP contribution in [0, 0.1) is 5.41 Å². The Balaban J connectivity index is 1.75. The third-order valence-electron chi connectivity index (χ3n) is 5.77. The molecule has 0 heterocycles. The second kappa shape index (κ2) is 5.09. The van der Waals surface area contributed by atoms with Gasteiger partial charge in [0.05, 0.1) is 0 Å². The molecule has 0 radical (unpaired) electrons. The first-order chi connectivity index (χ1) is 10.2. The van der Waals surface area contributed by atoms with Gasteiger partial charge in [-0.25, -0.2) is 0 Å². The number of benzene rings is 1. The standard InChI is InChI=1S/C19H28N2O/c1-17(2,3)14-5-4-6-15(13-14)21-16(22)18-7-10-19(20,11-8-18)12-9-18/h4-6,13H,7-12,20H2,1-3H3,(H,21,22). The molecule has 120 valence electrons. The van der Waals surface area contributed by atoms with Gasteiger partial charge in [-0.2, -0.15) is 0 Å². The van der Waals surface area contributed by atoms with E-state index in [0.29, 0.717) is 0 Å². The Morgan fingerprint density at radius 3 is 2.23 bits per heavy atom. The van der Waals surface area contributed by atoms with Crippen LogP contribution in [-0.4, -0.2) is 11.4 Å². The van der Waals surface area contributed by atoms with Gasteiger partial charge >= 0.3 is 0 Å². The summed E-state index contributed by atoms with van der Waals surface area (Å²) in [5.41, 5.74) is 8.43. The number of nitrogens with two attached hydrogens (primary N) is 1. The Morgan fingerprint density at radius 2 is 1.68 bits per heavy atom. The predicted molar refractivity (Wildman–Crippen MR) is 90.8 cm³/mol. The molecule has 1 amide bonds. The zero-order valence-electron chi connectivity index (χ0n) is 14.0. The molecule has 3 saturated carbocycles. The Hall–Kier alpha value is -1.35. The van der Waals surface area contributed by atoms with Crippen LogP contribution in [0.5, 0.6) is 0 Å². The van der Waals surface area contributed by atoms with Gasteiger partial charge in [0.1, 0.15) is 0 Å². The summed E-state index contributed by atoms with van der Waals surface area (Å²) in [4.78, 5) is 12.9. The smallest absolute Gasteiger partial charge is 0.230 e. The topological polar surface area (TPSA) is 55.1 Å². The first kappa shape index (κ1) is 15.5. The van der Waals surface area contributed by atoms with E-state index < -0.39 is 0 Å². The van der Waals surface area contributed by atoms with Crippen LogP contribution < -0.4 is 11.1 Å². The average molecular weight is 300 g/mol.